The summed E-state index contributed by atoms with van der Waals surface area (Å²) in [5.41, 5.74) is -1.64. The van der Waals surface area contributed by atoms with Crippen molar-refractivity contribution in [2.75, 3.05) is 26.1 Å². The zero-order valence-corrected chi connectivity index (χ0v) is 11.7. The van der Waals surface area contributed by atoms with Crippen LogP contribution in [0.1, 0.15) is 72.1 Å². The van der Waals surface area contributed by atoms with Gasteiger partial charge in [-0.15, -0.1) is 0 Å². The standard InChI is InChI=1S/C19H24N2O/c22-19-16-6-2-4-14-3-1-5-15(18(14)16)11-21(19)17-12-20-9-7-13(17)8-10-20/h2,4,6,13,15,17H,1,3,5,7-12H2/t15-,17-/m1/s1/i1D2,3D2,5D2,7D2,9D2,11D2,15D,17D/t13-,15-,17-. The predicted molar refractivity (Wildman–Crippen MR) is 86.1 cm³/mol. The minimum Gasteiger partial charge on any atom is -0.333 e. The molecule has 1 aromatic carbocycles. The third-order valence-corrected chi connectivity index (χ3v) is 4.48. The highest BCUT2D eigenvalue weighted by molar-refractivity contribution is 5.97. The zero-order valence-electron chi connectivity index (χ0n) is 25.7. The SMILES string of the molecule is [2H]C1([2H])c2cccc3c2[C@@]([2H])(C([2H])([2H])N([C@]2([2H])CN4CC[C@H]2C([2H])([2H])C4([2H])[2H])C3=O)C([2H])([2H])C1([2H])[2H]. The average Bonchev–Trinajstić information content (AvgIpc) is 2.74. The molecule has 6 rings (SSSR count). The molecule has 1 amide bonds. The molecule has 4 aliphatic heterocycles. The molecule has 3 fully saturated rings. The lowest BCUT2D eigenvalue weighted by atomic mass is 9.75. The molecule has 22 heavy (non-hydrogen) atoms. The van der Waals surface area contributed by atoms with Crippen LogP contribution in [0.3, 0.4) is 0 Å². The van der Waals surface area contributed by atoms with E-state index in [1.807, 2.05) is 0 Å². The Hall–Kier alpha value is -1.35. The lowest BCUT2D eigenvalue weighted by Crippen LogP contribution is -2.60. The summed E-state index contributed by atoms with van der Waals surface area (Å²) in [4.78, 5) is 15.1. The highest BCUT2D eigenvalue weighted by Crippen LogP contribution is 2.41. The number of amides is 1. The highest BCUT2D eigenvalue weighted by atomic mass is 16.2. The van der Waals surface area contributed by atoms with Gasteiger partial charge in [0, 0.05) is 45.6 Å². The third-order valence-electron chi connectivity index (χ3n) is 4.48. The molecule has 3 saturated heterocycles. The Bertz CT molecular complexity index is 1180. The van der Waals surface area contributed by atoms with Gasteiger partial charge in [-0.25, -0.2) is 0 Å². The number of aryl methyl sites for hydroxylation is 1. The van der Waals surface area contributed by atoms with E-state index >= 15 is 0 Å². The molecule has 1 aliphatic carbocycles. The van der Waals surface area contributed by atoms with Crippen LogP contribution < -0.4 is 0 Å². The summed E-state index contributed by atoms with van der Waals surface area (Å²) in [5.74, 6) is -5.98. The van der Waals surface area contributed by atoms with Crippen molar-refractivity contribution < 1.29 is 24.0 Å². The first-order valence-corrected chi connectivity index (χ1v) is 7.31. The van der Waals surface area contributed by atoms with Crippen LogP contribution in [0.15, 0.2) is 18.2 Å². The van der Waals surface area contributed by atoms with Gasteiger partial charge in [-0.3, -0.25) is 4.79 Å². The Morgan fingerprint density at radius 1 is 1.32 bits per heavy atom. The van der Waals surface area contributed by atoms with Gasteiger partial charge in [-0.05, 0) is 68.1 Å². The van der Waals surface area contributed by atoms with Gasteiger partial charge in [0.2, 0.25) is 0 Å². The maximum Gasteiger partial charge on any atom is 0.254 e. The van der Waals surface area contributed by atoms with Gasteiger partial charge in [-0.1, -0.05) is 12.1 Å². The minimum atomic E-state index is -3.56. The van der Waals surface area contributed by atoms with Crippen LogP contribution >= 0.6 is 0 Å². The number of rotatable bonds is 1. The summed E-state index contributed by atoms with van der Waals surface area (Å²) in [6.07, 6.45) is -12.9. The van der Waals surface area contributed by atoms with Crippen molar-refractivity contribution in [2.45, 2.75) is 43.8 Å². The van der Waals surface area contributed by atoms with E-state index in [1.54, 1.807) is 0 Å². The van der Waals surface area contributed by atoms with E-state index in [9.17, 15) is 7.54 Å². The van der Waals surface area contributed by atoms with Crippen molar-refractivity contribution in [2.24, 2.45) is 5.92 Å². The molecule has 116 valence electrons. The fourth-order valence-corrected chi connectivity index (χ4v) is 3.38. The van der Waals surface area contributed by atoms with E-state index in [2.05, 4.69) is 0 Å². The monoisotopic (exact) mass is 310 g/mol. The van der Waals surface area contributed by atoms with E-state index in [0.717, 1.165) is 17.0 Å². The maximum absolute atomic E-state index is 13.9. The molecule has 0 radical (unpaired) electrons. The molecule has 2 bridgehead atoms. The Morgan fingerprint density at radius 3 is 3.18 bits per heavy atom. The number of piperidine rings is 3. The molecule has 3 heteroatoms. The van der Waals surface area contributed by atoms with Gasteiger partial charge in [0.25, 0.3) is 5.91 Å². The first kappa shape index (κ1) is 5.34. The van der Waals surface area contributed by atoms with Crippen molar-refractivity contribution in [1.82, 2.24) is 9.80 Å². The first-order chi connectivity index (χ1) is 16.1. The lowest BCUT2D eigenvalue weighted by Gasteiger charge is -2.51. The Morgan fingerprint density at radius 2 is 2.27 bits per heavy atom. The maximum atomic E-state index is 13.9. The van der Waals surface area contributed by atoms with E-state index in [4.69, 9.17) is 16.4 Å². The largest absolute Gasteiger partial charge is 0.333 e. The Balaban J connectivity index is 1.83. The molecule has 4 heterocycles. The predicted octanol–water partition coefficient (Wildman–Crippen LogP) is 2.66. The number of carbonyl (C=O) groups is 1. The van der Waals surface area contributed by atoms with Crippen molar-refractivity contribution >= 4 is 5.91 Å². The molecule has 4 atom stereocenters. The number of hydrogen-bond acceptors (Lipinski definition) is 2. The summed E-state index contributed by atoms with van der Waals surface area (Å²) >= 11 is 0. The van der Waals surface area contributed by atoms with Gasteiger partial charge < -0.3 is 9.80 Å². The van der Waals surface area contributed by atoms with Gasteiger partial charge in [0.1, 0.15) is 0 Å². The molecule has 1 unspecified atom stereocenters. The average molecular weight is 310 g/mol. The van der Waals surface area contributed by atoms with E-state index < -0.39 is 85.5 Å². The fraction of sp³-hybridized carbons (Fsp3) is 0.632. The second-order valence-corrected chi connectivity index (χ2v) is 5.74. The smallest absolute Gasteiger partial charge is 0.254 e. The van der Waals surface area contributed by atoms with Crippen LogP contribution in [0, 0.1) is 5.92 Å². The van der Waals surface area contributed by atoms with Crippen molar-refractivity contribution in [3.8, 4) is 0 Å². The number of carbonyl (C=O) groups excluding carboxylic acids is 1. The van der Waals surface area contributed by atoms with Crippen LogP contribution in [-0.2, 0) is 6.37 Å². The van der Waals surface area contributed by atoms with Crippen LogP contribution in [0.2, 0.25) is 0 Å². The van der Waals surface area contributed by atoms with Gasteiger partial charge in [0.05, 0.1) is 4.11 Å². The van der Waals surface area contributed by atoms with Gasteiger partial charge in [-0.2, -0.15) is 0 Å². The summed E-state index contributed by atoms with van der Waals surface area (Å²) < 4.78 is 120. The second-order valence-electron chi connectivity index (χ2n) is 5.74. The van der Waals surface area contributed by atoms with Gasteiger partial charge >= 0.3 is 0 Å². The first-order valence-electron chi connectivity index (χ1n) is 14.3. The molecule has 3 nitrogen and oxygen atoms in total. The molecule has 0 aromatic heterocycles. The second kappa shape index (κ2) is 4.82. The molecule has 1 aromatic rings. The van der Waals surface area contributed by atoms with E-state index in [-0.39, 0.29) is 17.9 Å². The summed E-state index contributed by atoms with van der Waals surface area (Å²) in [6.45, 7) is -6.55. The minimum absolute atomic E-state index is 0.0408. The fourth-order valence-electron chi connectivity index (χ4n) is 3.38. The van der Waals surface area contributed by atoms with Crippen molar-refractivity contribution in [3.63, 3.8) is 0 Å². The molecular formula is C19H24N2O. The Labute approximate surface area is 152 Å². The van der Waals surface area contributed by atoms with E-state index in [0.29, 0.717) is 0 Å². The zero-order chi connectivity index (χ0) is 27.3. The van der Waals surface area contributed by atoms with Gasteiger partial charge in [0.15, 0.2) is 0 Å². The summed E-state index contributed by atoms with van der Waals surface area (Å²) in [5, 5.41) is 0. The molecule has 0 N–H and O–H groups in total. The summed E-state index contributed by atoms with van der Waals surface area (Å²) in [6, 6.07) is 0.963. The summed E-state index contributed by atoms with van der Waals surface area (Å²) in [7, 11) is 0. The number of fused-ring (bicyclic) bond motifs is 3. The van der Waals surface area contributed by atoms with Crippen LogP contribution in [0.4, 0.5) is 0 Å². The van der Waals surface area contributed by atoms with Crippen LogP contribution in [0.5, 0.6) is 0 Å². The molecule has 0 saturated carbocycles. The molecule has 0 spiro atoms. The van der Waals surface area contributed by atoms with E-state index in [1.165, 1.54) is 6.07 Å². The van der Waals surface area contributed by atoms with Crippen LogP contribution in [-0.4, -0.2) is 47.8 Å². The molecule has 5 aliphatic rings. The number of benzene rings is 1. The Kier molecular flexibility index (Phi) is 1.17. The van der Waals surface area contributed by atoms with Crippen LogP contribution in [0.25, 0.3) is 0 Å². The highest BCUT2D eigenvalue weighted by Gasteiger charge is 2.43. The number of hydrogen-bond donors (Lipinski definition) is 0. The molecular weight excluding hydrogens is 272 g/mol. The van der Waals surface area contributed by atoms with Crippen molar-refractivity contribution in [3.05, 3.63) is 34.9 Å². The topological polar surface area (TPSA) is 23.6 Å². The lowest BCUT2D eigenvalue weighted by molar-refractivity contribution is 0.00258. The quantitative estimate of drug-likeness (QED) is 0.796. The normalized spacial score (nSPS) is 66.2. The number of nitrogens with zero attached hydrogens (tertiary/aromatic N) is 2. The third kappa shape index (κ3) is 1.81. The van der Waals surface area contributed by atoms with Crippen molar-refractivity contribution in [1.29, 1.82) is 0 Å².